The predicted octanol–water partition coefficient (Wildman–Crippen LogP) is 2.03. The second-order valence-corrected chi connectivity index (χ2v) is 5.27. The third kappa shape index (κ3) is 2.81. The van der Waals surface area contributed by atoms with E-state index in [1.54, 1.807) is 17.0 Å². The molecule has 1 N–H and O–H groups in total. The summed E-state index contributed by atoms with van der Waals surface area (Å²) in [6, 6.07) is 4.99. The molecule has 1 saturated carbocycles. The van der Waals surface area contributed by atoms with Crippen LogP contribution in [0.3, 0.4) is 0 Å². The van der Waals surface area contributed by atoms with Crippen molar-refractivity contribution in [1.29, 1.82) is 0 Å². The first-order valence-corrected chi connectivity index (χ1v) is 6.54. The summed E-state index contributed by atoms with van der Waals surface area (Å²) in [5, 5.41) is 0. The van der Waals surface area contributed by atoms with Crippen molar-refractivity contribution < 1.29 is 4.79 Å². The molecule has 0 radical (unpaired) electrons. The van der Waals surface area contributed by atoms with Crippen LogP contribution in [-0.2, 0) is 0 Å². The van der Waals surface area contributed by atoms with E-state index in [1.165, 1.54) is 18.9 Å². The van der Waals surface area contributed by atoms with Crippen LogP contribution < -0.4 is 5.56 Å². The van der Waals surface area contributed by atoms with Crippen molar-refractivity contribution in [1.82, 2.24) is 9.88 Å². The van der Waals surface area contributed by atoms with E-state index >= 15 is 0 Å². The van der Waals surface area contributed by atoms with E-state index in [4.69, 9.17) is 0 Å². The van der Waals surface area contributed by atoms with Gasteiger partial charge in [-0.2, -0.15) is 0 Å². The molecule has 2 unspecified atom stereocenters. The van der Waals surface area contributed by atoms with Gasteiger partial charge < -0.3 is 9.88 Å². The number of aromatic amines is 1. The summed E-state index contributed by atoms with van der Waals surface area (Å²) in [5.74, 6) is 0.584. The molecule has 1 fully saturated rings. The maximum atomic E-state index is 12.3. The molecule has 1 aromatic heterocycles. The number of nitrogens with one attached hydrogen (secondary N) is 1. The topological polar surface area (TPSA) is 53.2 Å². The summed E-state index contributed by atoms with van der Waals surface area (Å²) >= 11 is 0. The van der Waals surface area contributed by atoms with Crippen molar-refractivity contribution in [2.45, 2.75) is 38.6 Å². The molecule has 0 aromatic carbocycles. The van der Waals surface area contributed by atoms with Gasteiger partial charge in [0.1, 0.15) is 5.69 Å². The highest BCUT2D eigenvalue weighted by Gasteiger charge is 2.26. The summed E-state index contributed by atoms with van der Waals surface area (Å²) in [6.45, 7) is 2.23. The van der Waals surface area contributed by atoms with Crippen molar-refractivity contribution >= 4 is 5.91 Å². The van der Waals surface area contributed by atoms with Gasteiger partial charge in [-0.05, 0) is 24.8 Å². The largest absolute Gasteiger partial charge is 0.337 e. The summed E-state index contributed by atoms with van der Waals surface area (Å²) in [6.07, 6.45) is 4.54. The van der Waals surface area contributed by atoms with E-state index in [1.807, 2.05) is 7.05 Å². The van der Waals surface area contributed by atoms with Crippen LogP contribution in [-0.4, -0.2) is 28.9 Å². The number of pyridine rings is 1. The number of rotatable bonds is 2. The maximum Gasteiger partial charge on any atom is 0.270 e. The summed E-state index contributed by atoms with van der Waals surface area (Å²) < 4.78 is 0. The Morgan fingerprint density at radius 1 is 1.39 bits per heavy atom. The van der Waals surface area contributed by atoms with Crippen molar-refractivity contribution in [3.8, 4) is 0 Å². The monoisotopic (exact) mass is 248 g/mol. The fourth-order valence-electron chi connectivity index (χ4n) is 2.68. The number of carbonyl (C=O) groups is 1. The molecule has 0 bridgehead atoms. The number of carbonyl (C=O) groups excluding carboxylic acids is 1. The van der Waals surface area contributed by atoms with Crippen LogP contribution in [0.4, 0.5) is 0 Å². The van der Waals surface area contributed by atoms with E-state index in [-0.39, 0.29) is 11.5 Å². The van der Waals surface area contributed by atoms with E-state index < -0.39 is 0 Å². The van der Waals surface area contributed by atoms with Gasteiger partial charge in [0, 0.05) is 19.2 Å². The van der Waals surface area contributed by atoms with Gasteiger partial charge in [-0.3, -0.25) is 9.59 Å². The van der Waals surface area contributed by atoms with E-state index in [0.717, 1.165) is 12.8 Å². The Hall–Kier alpha value is -1.58. The van der Waals surface area contributed by atoms with Crippen LogP contribution >= 0.6 is 0 Å². The Kier molecular flexibility index (Phi) is 3.84. The Morgan fingerprint density at radius 2 is 2.17 bits per heavy atom. The van der Waals surface area contributed by atoms with Crippen LogP contribution in [0, 0.1) is 5.92 Å². The number of hydrogen-bond acceptors (Lipinski definition) is 2. The minimum absolute atomic E-state index is 0.0909. The lowest BCUT2D eigenvalue weighted by Crippen LogP contribution is -2.40. The molecule has 4 nitrogen and oxygen atoms in total. The molecule has 0 saturated heterocycles. The van der Waals surface area contributed by atoms with Gasteiger partial charge in [0.2, 0.25) is 5.56 Å². The highest BCUT2D eigenvalue weighted by molar-refractivity contribution is 5.92. The molecular formula is C14H20N2O2. The van der Waals surface area contributed by atoms with Gasteiger partial charge in [-0.1, -0.05) is 25.8 Å². The highest BCUT2D eigenvalue weighted by atomic mass is 16.2. The van der Waals surface area contributed by atoms with Gasteiger partial charge in [0.05, 0.1) is 0 Å². The third-order valence-corrected chi connectivity index (χ3v) is 3.78. The van der Waals surface area contributed by atoms with Gasteiger partial charge in [-0.25, -0.2) is 0 Å². The molecule has 4 heteroatoms. The molecule has 1 heterocycles. The fraction of sp³-hybridized carbons (Fsp3) is 0.571. The first kappa shape index (κ1) is 12.9. The zero-order valence-corrected chi connectivity index (χ0v) is 11.0. The zero-order valence-electron chi connectivity index (χ0n) is 11.0. The normalized spacial score (nSPS) is 23.7. The lowest BCUT2D eigenvalue weighted by atomic mass is 9.86. The van der Waals surface area contributed by atoms with Crippen molar-refractivity contribution in [2.24, 2.45) is 5.92 Å². The fourth-order valence-corrected chi connectivity index (χ4v) is 2.68. The van der Waals surface area contributed by atoms with E-state index in [0.29, 0.717) is 17.7 Å². The number of hydrogen-bond donors (Lipinski definition) is 1. The SMILES string of the molecule is CC1CCCC(N(C)C(=O)c2cccc(=O)[nH]2)C1. The molecule has 2 rings (SSSR count). The average Bonchev–Trinajstić information content (AvgIpc) is 2.37. The summed E-state index contributed by atoms with van der Waals surface area (Å²) in [4.78, 5) is 27.8. The van der Waals surface area contributed by atoms with Gasteiger partial charge in [0.15, 0.2) is 0 Å². The molecule has 98 valence electrons. The minimum Gasteiger partial charge on any atom is -0.337 e. The first-order chi connectivity index (χ1) is 8.58. The Morgan fingerprint density at radius 3 is 2.83 bits per heavy atom. The molecule has 1 aliphatic carbocycles. The Labute approximate surface area is 107 Å². The number of amides is 1. The molecule has 1 aromatic rings. The predicted molar refractivity (Wildman–Crippen MR) is 70.6 cm³/mol. The lowest BCUT2D eigenvalue weighted by molar-refractivity contribution is 0.0666. The van der Waals surface area contributed by atoms with Crippen LogP contribution in [0.25, 0.3) is 0 Å². The zero-order chi connectivity index (χ0) is 13.1. The molecule has 18 heavy (non-hydrogen) atoms. The standard InChI is InChI=1S/C14H20N2O2/c1-10-5-3-6-11(9-10)16(2)14(18)12-7-4-8-13(17)15-12/h4,7-8,10-11H,3,5-6,9H2,1-2H3,(H,15,17). The lowest BCUT2D eigenvalue weighted by Gasteiger charge is -2.34. The molecular weight excluding hydrogens is 228 g/mol. The minimum atomic E-state index is -0.230. The van der Waals surface area contributed by atoms with Crippen LogP contribution in [0.1, 0.15) is 43.1 Å². The quantitative estimate of drug-likeness (QED) is 0.870. The van der Waals surface area contributed by atoms with Crippen molar-refractivity contribution in [3.63, 3.8) is 0 Å². The number of aromatic nitrogens is 1. The molecule has 1 aliphatic rings. The average molecular weight is 248 g/mol. The summed E-state index contributed by atoms with van der Waals surface area (Å²) in [7, 11) is 1.83. The molecule has 2 atom stereocenters. The second kappa shape index (κ2) is 5.38. The maximum absolute atomic E-state index is 12.3. The molecule has 0 aliphatic heterocycles. The highest BCUT2D eigenvalue weighted by Crippen LogP contribution is 2.27. The second-order valence-electron chi connectivity index (χ2n) is 5.27. The van der Waals surface area contributed by atoms with E-state index in [2.05, 4.69) is 11.9 Å². The number of nitrogens with zero attached hydrogens (tertiary/aromatic N) is 1. The van der Waals surface area contributed by atoms with Gasteiger partial charge in [0.25, 0.3) is 5.91 Å². The van der Waals surface area contributed by atoms with Gasteiger partial charge >= 0.3 is 0 Å². The number of H-pyrrole nitrogens is 1. The van der Waals surface area contributed by atoms with Gasteiger partial charge in [-0.15, -0.1) is 0 Å². The molecule has 1 amide bonds. The Bertz CT molecular complexity index is 481. The summed E-state index contributed by atoms with van der Waals surface area (Å²) in [5.41, 5.74) is 0.148. The van der Waals surface area contributed by atoms with Crippen LogP contribution in [0.15, 0.2) is 23.0 Å². The first-order valence-electron chi connectivity index (χ1n) is 6.54. The third-order valence-electron chi connectivity index (χ3n) is 3.78. The van der Waals surface area contributed by atoms with Crippen molar-refractivity contribution in [3.05, 3.63) is 34.2 Å². The molecule has 0 spiro atoms. The van der Waals surface area contributed by atoms with Crippen LogP contribution in [0.2, 0.25) is 0 Å². The van der Waals surface area contributed by atoms with Crippen molar-refractivity contribution in [2.75, 3.05) is 7.05 Å². The van der Waals surface area contributed by atoms with Crippen LogP contribution in [0.5, 0.6) is 0 Å². The van der Waals surface area contributed by atoms with E-state index in [9.17, 15) is 9.59 Å². The Balaban J connectivity index is 2.11. The smallest absolute Gasteiger partial charge is 0.270 e.